The van der Waals surface area contributed by atoms with Gasteiger partial charge in [-0.05, 0) is 19.3 Å². The Labute approximate surface area is 117 Å². The predicted molar refractivity (Wildman–Crippen MR) is 72.9 cm³/mol. The molecular weight excluding hydrogens is 262 g/mol. The van der Waals surface area contributed by atoms with Gasteiger partial charge in [-0.1, -0.05) is 13.8 Å². The molecule has 112 valence electrons. The van der Waals surface area contributed by atoms with E-state index in [1.54, 1.807) is 6.92 Å². The van der Waals surface area contributed by atoms with Gasteiger partial charge in [0.2, 0.25) is 0 Å². The second-order valence-electron chi connectivity index (χ2n) is 4.57. The first kappa shape index (κ1) is 16.2. The fraction of sp³-hybridized carbons (Fsp3) is 0.571. The Bertz CT molecular complexity index is 466. The summed E-state index contributed by atoms with van der Waals surface area (Å²) in [7, 11) is 0. The van der Waals surface area contributed by atoms with Crippen molar-refractivity contribution < 1.29 is 24.2 Å². The van der Waals surface area contributed by atoms with Crippen LogP contribution in [0.4, 0.5) is 0 Å². The van der Waals surface area contributed by atoms with Crippen molar-refractivity contribution >= 4 is 11.9 Å². The van der Waals surface area contributed by atoms with Crippen LogP contribution in [0.2, 0.25) is 0 Å². The highest BCUT2D eigenvalue weighted by molar-refractivity contribution is 5.96. The lowest BCUT2D eigenvalue weighted by Gasteiger charge is -2.07. The highest BCUT2D eigenvalue weighted by atomic mass is 16.4. The third-order valence-corrected chi connectivity index (χ3v) is 3.06. The molecule has 0 aliphatic carbocycles. The molecule has 20 heavy (non-hydrogen) atoms. The first-order valence-corrected chi connectivity index (χ1v) is 6.81. The Balaban J connectivity index is 2.53. The number of aliphatic hydroxyl groups is 1. The third-order valence-electron chi connectivity index (χ3n) is 3.06. The minimum atomic E-state index is -1.10. The van der Waals surface area contributed by atoms with Gasteiger partial charge in [0.15, 0.2) is 5.76 Å². The average molecular weight is 283 g/mol. The van der Waals surface area contributed by atoms with E-state index in [9.17, 15) is 14.7 Å². The molecule has 1 rings (SSSR count). The molecule has 6 heteroatoms. The summed E-state index contributed by atoms with van der Waals surface area (Å²) in [5.74, 6) is -1.23. The molecule has 0 fully saturated rings. The Hall–Kier alpha value is -1.82. The molecule has 1 aromatic heterocycles. The number of hydrogen-bond donors (Lipinski definition) is 3. The molecule has 3 N–H and O–H groups in total. The van der Waals surface area contributed by atoms with E-state index in [2.05, 4.69) is 5.32 Å². The molecule has 0 radical (unpaired) electrons. The van der Waals surface area contributed by atoms with Crippen molar-refractivity contribution in [2.45, 2.75) is 45.6 Å². The van der Waals surface area contributed by atoms with Crippen molar-refractivity contribution in [1.29, 1.82) is 0 Å². The second-order valence-corrected chi connectivity index (χ2v) is 4.57. The summed E-state index contributed by atoms with van der Waals surface area (Å²) >= 11 is 0. The van der Waals surface area contributed by atoms with Crippen LogP contribution in [0, 0.1) is 0 Å². The van der Waals surface area contributed by atoms with Gasteiger partial charge in [-0.3, -0.25) is 4.79 Å². The number of rotatable bonds is 8. The van der Waals surface area contributed by atoms with E-state index < -0.39 is 11.9 Å². The minimum Gasteiger partial charge on any atom is -0.478 e. The first-order valence-electron chi connectivity index (χ1n) is 6.81. The zero-order chi connectivity index (χ0) is 15.1. The summed E-state index contributed by atoms with van der Waals surface area (Å²) in [4.78, 5) is 22.8. The fourth-order valence-corrected chi connectivity index (χ4v) is 1.82. The minimum absolute atomic E-state index is 0.00953. The zero-order valence-electron chi connectivity index (χ0n) is 11.8. The van der Waals surface area contributed by atoms with Crippen LogP contribution in [0.25, 0.3) is 0 Å². The van der Waals surface area contributed by atoms with Gasteiger partial charge in [0, 0.05) is 19.0 Å². The molecule has 6 nitrogen and oxygen atoms in total. The van der Waals surface area contributed by atoms with Crippen molar-refractivity contribution in [1.82, 2.24) is 5.32 Å². The lowest BCUT2D eigenvalue weighted by molar-refractivity contribution is 0.0694. The highest BCUT2D eigenvalue weighted by Crippen LogP contribution is 2.16. The van der Waals surface area contributed by atoms with E-state index in [0.717, 1.165) is 0 Å². The van der Waals surface area contributed by atoms with Gasteiger partial charge < -0.3 is 19.9 Å². The smallest absolute Gasteiger partial charge is 0.339 e. The van der Waals surface area contributed by atoms with Crippen molar-refractivity contribution in [2.75, 3.05) is 6.54 Å². The summed E-state index contributed by atoms with van der Waals surface area (Å²) in [6.45, 7) is 4.07. The number of aryl methyl sites for hydroxylation is 1. The number of carbonyl (C=O) groups excluding carboxylic acids is 1. The predicted octanol–water partition coefficient (Wildman–Crippen LogP) is 1.82. The molecule has 0 saturated carbocycles. The number of carbonyl (C=O) groups is 2. The van der Waals surface area contributed by atoms with Crippen LogP contribution in [-0.2, 0) is 6.42 Å². The lowest BCUT2D eigenvalue weighted by atomic mass is 10.1. The summed E-state index contributed by atoms with van der Waals surface area (Å²) in [5.41, 5.74) is 0.0269. The van der Waals surface area contributed by atoms with Crippen LogP contribution in [0.3, 0.4) is 0 Å². The van der Waals surface area contributed by atoms with Crippen LogP contribution in [0.5, 0.6) is 0 Å². The molecule has 0 spiro atoms. The molecule has 1 unspecified atom stereocenters. The number of nitrogens with one attached hydrogen (secondary N) is 1. The Kier molecular flexibility index (Phi) is 6.24. The Morgan fingerprint density at radius 1 is 1.40 bits per heavy atom. The van der Waals surface area contributed by atoms with Crippen LogP contribution in [0.1, 0.15) is 59.8 Å². The summed E-state index contributed by atoms with van der Waals surface area (Å²) in [6, 6.07) is 1.25. The quantitative estimate of drug-likeness (QED) is 0.632. The highest BCUT2D eigenvalue weighted by Gasteiger charge is 2.19. The maximum atomic E-state index is 11.8. The largest absolute Gasteiger partial charge is 0.478 e. The number of carboxylic acids is 1. The molecule has 1 aromatic rings. The average Bonchev–Trinajstić information content (AvgIpc) is 2.87. The van der Waals surface area contributed by atoms with Crippen molar-refractivity contribution in [3.8, 4) is 0 Å². The Morgan fingerprint density at radius 2 is 2.10 bits per heavy atom. The van der Waals surface area contributed by atoms with Gasteiger partial charge >= 0.3 is 5.97 Å². The van der Waals surface area contributed by atoms with Gasteiger partial charge in [-0.15, -0.1) is 0 Å². The molecule has 1 amide bonds. The topological polar surface area (TPSA) is 99.8 Å². The fourth-order valence-electron chi connectivity index (χ4n) is 1.82. The van der Waals surface area contributed by atoms with Gasteiger partial charge in [0.05, 0.1) is 6.10 Å². The van der Waals surface area contributed by atoms with Gasteiger partial charge in [-0.2, -0.15) is 0 Å². The maximum absolute atomic E-state index is 11.8. The summed E-state index contributed by atoms with van der Waals surface area (Å²) < 4.78 is 5.24. The number of hydrogen-bond acceptors (Lipinski definition) is 4. The number of aliphatic hydroxyl groups excluding tert-OH is 1. The van der Waals surface area contributed by atoms with E-state index in [0.29, 0.717) is 38.0 Å². The zero-order valence-corrected chi connectivity index (χ0v) is 11.8. The maximum Gasteiger partial charge on any atom is 0.339 e. The summed E-state index contributed by atoms with van der Waals surface area (Å²) in [5, 5.41) is 21.0. The van der Waals surface area contributed by atoms with E-state index >= 15 is 0 Å². The van der Waals surface area contributed by atoms with Crippen molar-refractivity contribution in [3.05, 3.63) is 23.2 Å². The molecule has 1 atom stereocenters. The number of aromatic carboxylic acids is 1. The first-order chi connectivity index (χ1) is 9.49. The van der Waals surface area contributed by atoms with Crippen LogP contribution in [0.15, 0.2) is 10.5 Å². The van der Waals surface area contributed by atoms with Gasteiger partial charge in [-0.25, -0.2) is 4.79 Å². The SMILES string of the molecule is CCc1oc(C(=O)NCCCC(O)CC)cc1C(=O)O. The summed E-state index contributed by atoms with van der Waals surface area (Å²) in [6.07, 6.45) is 2.04. The number of carboxylic acid groups (broad SMARTS) is 1. The van der Waals surface area contributed by atoms with Crippen molar-refractivity contribution in [3.63, 3.8) is 0 Å². The van der Waals surface area contributed by atoms with Crippen molar-refractivity contribution in [2.24, 2.45) is 0 Å². The van der Waals surface area contributed by atoms with E-state index in [1.165, 1.54) is 6.07 Å². The molecule has 0 aliphatic rings. The standard InChI is InChI=1S/C14H21NO5/c1-3-9(16)6-5-7-15-13(17)12-8-10(14(18)19)11(4-2)20-12/h8-9,16H,3-7H2,1-2H3,(H,15,17)(H,18,19). The molecule has 0 aliphatic heterocycles. The molecule has 0 aromatic carbocycles. The van der Waals surface area contributed by atoms with Gasteiger partial charge in [0.25, 0.3) is 5.91 Å². The molecular formula is C14H21NO5. The molecule has 0 saturated heterocycles. The Morgan fingerprint density at radius 3 is 2.60 bits per heavy atom. The van der Waals surface area contributed by atoms with Crippen LogP contribution in [-0.4, -0.2) is 34.7 Å². The molecule has 0 bridgehead atoms. The molecule has 1 heterocycles. The number of furan rings is 1. The normalized spacial score (nSPS) is 12.2. The van der Waals surface area contributed by atoms with Crippen LogP contribution < -0.4 is 5.32 Å². The lowest BCUT2D eigenvalue weighted by Crippen LogP contribution is -2.24. The van der Waals surface area contributed by atoms with Gasteiger partial charge in [0.1, 0.15) is 11.3 Å². The van der Waals surface area contributed by atoms with E-state index in [1.807, 2.05) is 6.92 Å². The van der Waals surface area contributed by atoms with E-state index in [4.69, 9.17) is 9.52 Å². The van der Waals surface area contributed by atoms with Crippen LogP contribution >= 0.6 is 0 Å². The van der Waals surface area contributed by atoms with E-state index in [-0.39, 0.29) is 17.4 Å². The second kappa shape index (κ2) is 7.69. The third kappa shape index (κ3) is 4.38. The monoisotopic (exact) mass is 283 g/mol. The number of amides is 1.